The average Bonchev–Trinajstić information content (AvgIpc) is 2.60. The molecule has 6 nitrogen and oxygen atoms in total. The summed E-state index contributed by atoms with van der Waals surface area (Å²) in [5, 5.41) is 15.1. The molecule has 0 heterocycles. The molecule has 2 amide bonds. The second-order valence-corrected chi connectivity index (χ2v) is 5.16. The van der Waals surface area contributed by atoms with E-state index in [1.54, 1.807) is 24.3 Å². The van der Waals surface area contributed by atoms with Crippen molar-refractivity contribution in [3.63, 3.8) is 0 Å². The number of methoxy groups -OCH3 is 1. The fraction of sp³-hybridized carbons (Fsp3) is 0.235. The molecule has 0 aliphatic heterocycles. The third kappa shape index (κ3) is 5.85. The standard InChI is InChI=1S/C17H17F3N2O4/c1-25-15-5-3-2-4-13(15)14(23)10-21-16(24)22-11-6-8-12(9-7-11)26-17(18,19)20/h2-9,14,23H,10H2,1H3,(H2,21,22,24). The van der Waals surface area contributed by atoms with Crippen molar-refractivity contribution in [2.45, 2.75) is 12.5 Å². The molecule has 0 saturated heterocycles. The number of alkyl halides is 3. The lowest BCUT2D eigenvalue weighted by Crippen LogP contribution is -2.32. The summed E-state index contributed by atoms with van der Waals surface area (Å²) in [5.74, 6) is 0.0949. The molecular weight excluding hydrogens is 353 g/mol. The van der Waals surface area contributed by atoms with Crippen LogP contribution in [0.4, 0.5) is 23.7 Å². The molecule has 140 valence electrons. The Bertz CT molecular complexity index is 736. The number of hydrogen-bond donors (Lipinski definition) is 3. The number of ether oxygens (including phenoxy) is 2. The van der Waals surface area contributed by atoms with Gasteiger partial charge in [-0.3, -0.25) is 0 Å². The number of carbonyl (C=O) groups is 1. The molecule has 26 heavy (non-hydrogen) atoms. The summed E-state index contributed by atoms with van der Waals surface area (Å²) in [4.78, 5) is 11.8. The van der Waals surface area contributed by atoms with Gasteiger partial charge in [-0.15, -0.1) is 13.2 Å². The summed E-state index contributed by atoms with van der Waals surface area (Å²) in [7, 11) is 1.47. The Morgan fingerprint density at radius 3 is 2.42 bits per heavy atom. The van der Waals surface area contributed by atoms with Crippen LogP contribution in [0.15, 0.2) is 48.5 Å². The Labute approximate surface area is 147 Å². The zero-order valence-electron chi connectivity index (χ0n) is 13.7. The van der Waals surface area contributed by atoms with E-state index in [1.807, 2.05) is 0 Å². The molecule has 0 bridgehead atoms. The average molecular weight is 370 g/mol. The van der Waals surface area contributed by atoms with Crippen molar-refractivity contribution >= 4 is 11.7 Å². The fourth-order valence-electron chi connectivity index (χ4n) is 2.16. The Morgan fingerprint density at radius 1 is 1.15 bits per heavy atom. The number of rotatable bonds is 6. The van der Waals surface area contributed by atoms with Gasteiger partial charge in [-0.05, 0) is 30.3 Å². The number of para-hydroxylation sites is 1. The minimum Gasteiger partial charge on any atom is -0.496 e. The number of urea groups is 1. The topological polar surface area (TPSA) is 79.8 Å². The van der Waals surface area contributed by atoms with Crippen LogP contribution in [0.3, 0.4) is 0 Å². The number of halogens is 3. The predicted molar refractivity (Wildman–Crippen MR) is 88.1 cm³/mol. The van der Waals surface area contributed by atoms with Gasteiger partial charge >= 0.3 is 12.4 Å². The molecule has 2 aromatic rings. The molecule has 1 atom stereocenters. The van der Waals surface area contributed by atoms with Gasteiger partial charge in [0.2, 0.25) is 0 Å². The van der Waals surface area contributed by atoms with Crippen molar-refractivity contribution < 1.29 is 32.5 Å². The van der Waals surface area contributed by atoms with Gasteiger partial charge in [-0.1, -0.05) is 18.2 Å². The molecule has 0 fully saturated rings. The SMILES string of the molecule is COc1ccccc1C(O)CNC(=O)Nc1ccc(OC(F)(F)F)cc1. The van der Waals surface area contributed by atoms with Crippen molar-refractivity contribution in [2.75, 3.05) is 19.0 Å². The molecule has 2 aromatic carbocycles. The lowest BCUT2D eigenvalue weighted by atomic mass is 10.1. The van der Waals surface area contributed by atoms with Gasteiger partial charge in [0, 0.05) is 17.8 Å². The fourth-order valence-corrected chi connectivity index (χ4v) is 2.16. The summed E-state index contributed by atoms with van der Waals surface area (Å²) in [6.45, 7) is -0.0819. The van der Waals surface area contributed by atoms with Gasteiger partial charge < -0.3 is 25.2 Å². The van der Waals surface area contributed by atoms with Crippen LogP contribution in [-0.2, 0) is 0 Å². The zero-order chi connectivity index (χ0) is 19.2. The van der Waals surface area contributed by atoms with E-state index < -0.39 is 24.2 Å². The Morgan fingerprint density at radius 2 is 1.81 bits per heavy atom. The molecule has 0 aromatic heterocycles. The summed E-state index contributed by atoms with van der Waals surface area (Å²) in [6.07, 6.45) is -5.76. The van der Waals surface area contributed by atoms with E-state index in [2.05, 4.69) is 15.4 Å². The predicted octanol–water partition coefficient (Wildman–Crippen LogP) is 3.45. The molecule has 0 spiro atoms. The van der Waals surface area contributed by atoms with E-state index in [0.717, 1.165) is 12.1 Å². The van der Waals surface area contributed by atoms with Gasteiger partial charge in [0.25, 0.3) is 0 Å². The number of nitrogens with one attached hydrogen (secondary N) is 2. The van der Waals surface area contributed by atoms with Crippen LogP contribution in [-0.4, -0.2) is 31.2 Å². The third-order valence-electron chi connectivity index (χ3n) is 3.30. The van der Waals surface area contributed by atoms with Crippen molar-refractivity contribution in [3.05, 3.63) is 54.1 Å². The van der Waals surface area contributed by atoms with Gasteiger partial charge in [0.15, 0.2) is 0 Å². The first kappa shape index (κ1) is 19.4. The number of hydrogen-bond acceptors (Lipinski definition) is 4. The van der Waals surface area contributed by atoms with Gasteiger partial charge in [0.05, 0.1) is 13.2 Å². The van der Waals surface area contributed by atoms with Crippen LogP contribution in [0.5, 0.6) is 11.5 Å². The number of amides is 2. The van der Waals surface area contributed by atoms with E-state index in [1.165, 1.54) is 19.2 Å². The quantitative estimate of drug-likeness (QED) is 0.728. The minimum atomic E-state index is -4.78. The van der Waals surface area contributed by atoms with Crippen LogP contribution in [0.2, 0.25) is 0 Å². The van der Waals surface area contributed by atoms with Crippen LogP contribution in [0, 0.1) is 0 Å². The monoisotopic (exact) mass is 370 g/mol. The summed E-state index contributed by atoms with van der Waals surface area (Å²) in [5.41, 5.74) is 0.785. The highest BCUT2D eigenvalue weighted by molar-refractivity contribution is 5.89. The zero-order valence-corrected chi connectivity index (χ0v) is 13.7. The molecule has 0 aliphatic rings. The number of anilines is 1. The molecule has 2 rings (SSSR count). The van der Waals surface area contributed by atoms with Crippen molar-refractivity contribution in [1.82, 2.24) is 5.32 Å². The van der Waals surface area contributed by atoms with E-state index in [9.17, 15) is 23.1 Å². The van der Waals surface area contributed by atoms with Gasteiger partial charge in [-0.25, -0.2) is 4.79 Å². The highest BCUT2D eigenvalue weighted by Gasteiger charge is 2.30. The van der Waals surface area contributed by atoms with Crippen LogP contribution >= 0.6 is 0 Å². The first-order chi connectivity index (χ1) is 12.3. The number of benzene rings is 2. The Balaban J connectivity index is 1.87. The maximum atomic E-state index is 12.1. The van der Waals surface area contributed by atoms with Crippen LogP contribution in [0.25, 0.3) is 0 Å². The summed E-state index contributed by atoms with van der Waals surface area (Å²) < 4.78 is 45.1. The van der Waals surface area contributed by atoms with Crippen molar-refractivity contribution in [2.24, 2.45) is 0 Å². The number of carbonyl (C=O) groups excluding carboxylic acids is 1. The number of aliphatic hydroxyl groups is 1. The van der Waals surface area contributed by atoms with E-state index in [-0.39, 0.29) is 12.2 Å². The third-order valence-corrected chi connectivity index (χ3v) is 3.30. The molecule has 0 aliphatic carbocycles. The summed E-state index contributed by atoms with van der Waals surface area (Å²) >= 11 is 0. The van der Waals surface area contributed by atoms with Crippen molar-refractivity contribution in [1.29, 1.82) is 0 Å². The normalized spacial score (nSPS) is 12.2. The van der Waals surface area contributed by atoms with E-state index in [0.29, 0.717) is 11.3 Å². The minimum absolute atomic E-state index is 0.0819. The lowest BCUT2D eigenvalue weighted by molar-refractivity contribution is -0.274. The first-order valence-electron chi connectivity index (χ1n) is 7.50. The maximum absolute atomic E-state index is 12.1. The van der Waals surface area contributed by atoms with Gasteiger partial charge in [0.1, 0.15) is 11.5 Å². The first-order valence-corrected chi connectivity index (χ1v) is 7.50. The molecule has 9 heteroatoms. The highest BCUT2D eigenvalue weighted by Crippen LogP contribution is 2.25. The summed E-state index contributed by atoms with van der Waals surface area (Å²) in [6, 6.07) is 10.9. The maximum Gasteiger partial charge on any atom is 0.573 e. The van der Waals surface area contributed by atoms with Crippen molar-refractivity contribution in [3.8, 4) is 11.5 Å². The molecule has 0 radical (unpaired) electrons. The van der Waals surface area contributed by atoms with Crippen LogP contribution < -0.4 is 20.1 Å². The van der Waals surface area contributed by atoms with Gasteiger partial charge in [-0.2, -0.15) is 0 Å². The van der Waals surface area contributed by atoms with E-state index >= 15 is 0 Å². The largest absolute Gasteiger partial charge is 0.573 e. The highest BCUT2D eigenvalue weighted by atomic mass is 19.4. The Hall–Kier alpha value is -2.94. The number of aliphatic hydroxyl groups excluding tert-OH is 1. The molecular formula is C17H17F3N2O4. The molecule has 3 N–H and O–H groups in total. The smallest absolute Gasteiger partial charge is 0.496 e. The molecule has 1 unspecified atom stereocenters. The Kier molecular flexibility index (Phi) is 6.29. The second-order valence-electron chi connectivity index (χ2n) is 5.16. The molecule has 0 saturated carbocycles. The van der Waals surface area contributed by atoms with Crippen LogP contribution in [0.1, 0.15) is 11.7 Å². The lowest BCUT2D eigenvalue weighted by Gasteiger charge is -2.16. The van der Waals surface area contributed by atoms with E-state index in [4.69, 9.17) is 4.74 Å². The second kappa shape index (κ2) is 8.43.